The van der Waals surface area contributed by atoms with Crippen molar-refractivity contribution in [1.82, 2.24) is 0 Å². The van der Waals surface area contributed by atoms with Crippen LogP contribution in [0.15, 0.2) is 16.6 Å². The van der Waals surface area contributed by atoms with Gasteiger partial charge >= 0.3 is 6.18 Å². The van der Waals surface area contributed by atoms with E-state index < -0.39 is 17.7 Å². The van der Waals surface area contributed by atoms with Gasteiger partial charge < -0.3 is 10.4 Å². The van der Waals surface area contributed by atoms with Gasteiger partial charge in [0.15, 0.2) is 0 Å². The Labute approximate surface area is 129 Å². The maximum atomic E-state index is 12.5. The summed E-state index contributed by atoms with van der Waals surface area (Å²) in [7, 11) is 0. The second kappa shape index (κ2) is 5.57. The van der Waals surface area contributed by atoms with Crippen LogP contribution in [0.2, 0.25) is 0 Å². The number of alkyl halides is 3. The minimum atomic E-state index is -5.04. The summed E-state index contributed by atoms with van der Waals surface area (Å²) in [6.45, 7) is 2.06. The average molecular weight is 452 g/mol. The third-order valence-corrected chi connectivity index (χ3v) is 5.24. The van der Waals surface area contributed by atoms with Crippen molar-refractivity contribution in [3.63, 3.8) is 0 Å². The first-order valence-electron chi connectivity index (χ1n) is 5.03. The summed E-state index contributed by atoms with van der Waals surface area (Å²) in [5, 5.41) is 11.3. The number of rotatable bonds is 2. The van der Waals surface area contributed by atoms with Gasteiger partial charge in [0.2, 0.25) is 5.60 Å². The van der Waals surface area contributed by atoms with Crippen LogP contribution in [0.25, 0.3) is 0 Å². The van der Waals surface area contributed by atoms with Crippen molar-refractivity contribution >= 4 is 50.1 Å². The molecule has 0 aromatic heterocycles. The van der Waals surface area contributed by atoms with E-state index >= 15 is 0 Å². The Morgan fingerprint density at radius 2 is 1.95 bits per heavy atom. The van der Waals surface area contributed by atoms with Crippen LogP contribution in [-0.2, 0) is 4.79 Å². The maximum Gasteiger partial charge on any atom is 0.426 e. The molecule has 1 atom stereocenters. The Kier molecular flexibility index (Phi) is 4.89. The Balaban J connectivity index is 3.05. The van der Waals surface area contributed by atoms with Crippen LogP contribution in [0.5, 0.6) is 0 Å². The summed E-state index contributed by atoms with van der Waals surface area (Å²) in [4.78, 5) is 11.5. The molecule has 0 saturated heterocycles. The normalized spacial score (nSPS) is 14.9. The third-order valence-electron chi connectivity index (χ3n) is 2.58. The van der Waals surface area contributed by atoms with Gasteiger partial charge in [-0.2, -0.15) is 13.2 Å². The van der Waals surface area contributed by atoms with Crippen LogP contribution in [0.3, 0.4) is 0 Å². The first-order chi connectivity index (χ1) is 8.48. The first kappa shape index (κ1) is 16.7. The molecule has 0 bridgehead atoms. The predicted octanol–water partition coefficient (Wildman–Crippen LogP) is 3.61. The highest BCUT2D eigenvalue weighted by atomic mass is 127. The number of hydrogen-bond acceptors (Lipinski definition) is 2. The maximum absolute atomic E-state index is 12.5. The van der Waals surface area contributed by atoms with E-state index in [1.165, 1.54) is 6.07 Å². The average Bonchev–Trinajstić information content (AvgIpc) is 2.28. The molecule has 1 aromatic carbocycles. The quantitative estimate of drug-likeness (QED) is 0.675. The lowest BCUT2D eigenvalue weighted by Gasteiger charge is -2.25. The summed E-state index contributed by atoms with van der Waals surface area (Å²) >= 11 is 5.31. The fourth-order valence-electron chi connectivity index (χ4n) is 1.16. The minimum absolute atomic E-state index is 0.210. The lowest BCUT2D eigenvalue weighted by atomic mass is 10.1. The van der Waals surface area contributed by atoms with Crippen molar-refractivity contribution in [3.8, 4) is 0 Å². The number of nitrogens with one attached hydrogen (secondary N) is 1. The van der Waals surface area contributed by atoms with Gasteiger partial charge in [0.05, 0.1) is 0 Å². The molecular formula is C11H10BrF3INO2. The number of halogens is 5. The Bertz CT molecular complexity index is 517. The Morgan fingerprint density at radius 3 is 2.42 bits per heavy atom. The molecule has 0 aliphatic carbocycles. The molecule has 2 N–H and O–H groups in total. The van der Waals surface area contributed by atoms with Crippen LogP contribution in [0, 0.1) is 10.5 Å². The Hall–Kier alpha value is -0.350. The smallest absolute Gasteiger partial charge is 0.373 e. The summed E-state index contributed by atoms with van der Waals surface area (Å²) < 4.78 is 39.1. The standard InChI is InChI=1S/C11H10BrF3INO2/c1-5-7(4-3-6(16)8(5)12)17-9(18)10(2,19)11(13,14)15/h3-4,19H,1-2H3,(H,17,18)/t10-/m1/s1. The molecule has 0 radical (unpaired) electrons. The zero-order valence-corrected chi connectivity index (χ0v) is 13.6. The predicted molar refractivity (Wildman–Crippen MR) is 76.9 cm³/mol. The fraction of sp³-hybridized carbons (Fsp3) is 0.364. The highest BCUT2D eigenvalue weighted by Gasteiger charge is 2.55. The molecule has 0 fully saturated rings. The zero-order chi connectivity index (χ0) is 15.0. The van der Waals surface area contributed by atoms with Gasteiger partial charge in [-0.05, 0) is 70.1 Å². The molecule has 0 unspecified atom stereocenters. The Morgan fingerprint density at radius 1 is 1.42 bits per heavy atom. The first-order valence-corrected chi connectivity index (χ1v) is 6.91. The molecule has 1 rings (SSSR count). The minimum Gasteiger partial charge on any atom is -0.373 e. The van der Waals surface area contributed by atoms with Crippen molar-refractivity contribution in [2.75, 3.05) is 5.32 Å². The van der Waals surface area contributed by atoms with Gasteiger partial charge in [-0.3, -0.25) is 4.79 Å². The highest BCUT2D eigenvalue weighted by Crippen LogP contribution is 2.33. The number of hydrogen-bond donors (Lipinski definition) is 2. The number of carbonyl (C=O) groups is 1. The SMILES string of the molecule is Cc1c(NC(=O)[C@@](C)(O)C(F)(F)F)ccc(I)c1Br. The van der Waals surface area contributed by atoms with Crippen LogP contribution < -0.4 is 5.32 Å². The van der Waals surface area contributed by atoms with Crippen LogP contribution in [0.1, 0.15) is 12.5 Å². The number of carbonyl (C=O) groups excluding carboxylic acids is 1. The zero-order valence-electron chi connectivity index (χ0n) is 9.90. The molecule has 0 saturated carbocycles. The number of anilines is 1. The monoisotopic (exact) mass is 451 g/mol. The molecule has 8 heteroatoms. The van der Waals surface area contributed by atoms with Crippen LogP contribution in [0.4, 0.5) is 18.9 Å². The largest absolute Gasteiger partial charge is 0.426 e. The van der Waals surface area contributed by atoms with Gasteiger partial charge in [0, 0.05) is 13.7 Å². The van der Waals surface area contributed by atoms with Gasteiger partial charge in [0.25, 0.3) is 5.91 Å². The van der Waals surface area contributed by atoms with E-state index in [0.29, 0.717) is 17.0 Å². The molecule has 106 valence electrons. The van der Waals surface area contributed by atoms with Gasteiger partial charge in [-0.1, -0.05) is 0 Å². The van der Waals surface area contributed by atoms with Crippen LogP contribution >= 0.6 is 38.5 Å². The van der Waals surface area contributed by atoms with E-state index in [0.717, 1.165) is 3.57 Å². The summed E-state index contributed by atoms with van der Waals surface area (Å²) in [5.41, 5.74) is -2.64. The molecule has 0 aliphatic heterocycles. The van der Waals surface area contributed by atoms with Crippen molar-refractivity contribution < 1.29 is 23.1 Å². The molecule has 19 heavy (non-hydrogen) atoms. The van der Waals surface area contributed by atoms with E-state index in [2.05, 4.69) is 21.2 Å². The fourth-order valence-corrected chi connectivity index (χ4v) is 2.09. The van der Waals surface area contributed by atoms with Gasteiger partial charge in [0.1, 0.15) is 0 Å². The lowest BCUT2D eigenvalue weighted by Crippen LogP contribution is -2.52. The molecule has 1 amide bonds. The number of benzene rings is 1. The van der Waals surface area contributed by atoms with E-state index in [4.69, 9.17) is 0 Å². The second-order valence-corrected chi connectivity index (χ2v) is 6.01. The van der Waals surface area contributed by atoms with Gasteiger partial charge in [-0.15, -0.1) is 0 Å². The number of amides is 1. The summed E-state index contributed by atoms with van der Waals surface area (Å²) in [5.74, 6) is -1.52. The highest BCUT2D eigenvalue weighted by molar-refractivity contribution is 14.1. The van der Waals surface area contributed by atoms with Crippen LogP contribution in [-0.4, -0.2) is 22.8 Å². The van der Waals surface area contributed by atoms with Crippen molar-refractivity contribution in [2.24, 2.45) is 0 Å². The summed E-state index contributed by atoms with van der Waals surface area (Å²) in [6, 6.07) is 3.11. The van der Waals surface area contributed by atoms with Crippen molar-refractivity contribution in [2.45, 2.75) is 25.6 Å². The lowest BCUT2D eigenvalue weighted by molar-refractivity contribution is -0.242. The molecular weight excluding hydrogens is 442 g/mol. The molecule has 1 aromatic rings. The molecule has 3 nitrogen and oxygen atoms in total. The van der Waals surface area contributed by atoms with E-state index in [1.54, 1.807) is 13.0 Å². The van der Waals surface area contributed by atoms with E-state index in [9.17, 15) is 23.1 Å². The van der Waals surface area contributed by atoms with Gasteiger partial charge in [-0.25, -0.2) is 0 Å². The van der Waals surface area contributed by atoms with E-state index in [1.807, 2.05) is 22.6 Å². The topological polar surface area (TPSA) is 49.3 Å². The molecule has 0 aliphatic rings. The van der Waals surface area contributed by atoms with E-state index in [-0.39, 0.29) is 5.69 Å². The van der Waals surface area contributed by atoms with Crippen molar-refractivity contribution in [1.29, 1.82) is 0 Å². The molecule has 0 heterocycles. The third kappa shape index (κ3) is 3.40. The summed E-state index contributed by atoms with van der Waals surface area (Å²) in [6.07, 6.45) is -5.04. The second-order valence-electron chi connectivity index (χ2n) is 4.06. The molecule has 0 spiro atoms. The number of aliphatic hydroxyl groups is 1. The van der Waals surface area contributed by atoms with Crippen molar-refractivity contribution in [3.05, 3.63) is 25.7 Å².